The summed E-state index contributed by atoms with van der Waals surface area (Å²) in [5.41, 5.74) is 2.51. The molecule has 0 aliphatic carbocycles. The molecule has 21 heavy (non-hydrogen) atoms. The number of nitrogens with zero attached hydrogens (tertiary/aromatic N) is 1. The molecule has 114 valence electrons. The fraction of sp³-hybridized carbons (Fsp3) is 0.562. The van der Waals surface area contributed by atoms with Crippen molar-refractivity contribution in [1.29, 1.82) is 0 Å². The molecule has 2 aliphatic rings. The van der Waals surface area contributed by atoms with Gasteiger partial charge in [-0.1, -0.05) is 11.6 Å². The third-order valence-corrected chi connectivity index (χ3v) is 4.81. The molecule has 2 N–H and O–H groups in total. The van der Waals surface area contributed by atoms with Gasteiger partial charge in [-0.05, 0) is 49.6 Å². The molecule has 0 spiro atoms. The lowest BCUT2D eigenvalue weighted by Crippen LogP contribution is -2.54. The van der Waals surface area contributed by atoms with Gasteiger partial charge in [-0.3, -0.25) is 4.79 Å². The molecule has 0 saturated carbocycles. The fourth-order valence-corrected chi connectivity index (χ4v) is 3.72. The highest BCUT2D eigenvalue weighted by atomic mass is 35.5. The van der Waals surface area contributed by atoms with E-state index in [-0.39, 0.29) is 5.91 Å². The number of anilines is 1. The Kier molecular flexibility index (Phi) is 4.36. The van der Waals surface area contributed by atoms with E-state index in [0.717, 1.165) is 37.5 Å². The zero-order chi connectivity index (χ0) is 14.8. The molecule has 2 unspecified atom stereocenters. The first-order valence-electron chi connectivity index (χ1n) is 7.64. The van der Waals surface area contributed by atoms with E-state index in [2.05, 4.69) is 21.6 Å². The summed E-state index contributed by atoms with van der Waals surface area (Å²) in [6, 6.07) is 6.49. The molecule has 0 bridgehead atoms. The number of amides is 1. The van der Waals surface area contributed by atoms with Crippen LogP contribution in [0.4, 0.5) is 5.69 Å². The van der Waals surface area contributed by atoms with Gasteiger partial charge in [0, 0.05) is 42.8 Å². The van der Waals surface area contributed by atoms with Crippen LogP contribution in [-0.4, -0.2) is 32.1 Å². The van der Waals surface area contributed by atoms with Crippen molar-refractivity contribution in [3.05, 3.63) is 28.8 Å². The van der Waals surface area contributed by atoms with Gasteiger partial charge in [0.2, 0.25) is 5.91 Å². The molecule has 0 aromatic heterocycles. The number of rotatable bonds is 3. The van der Waals surface area contributed by atoms with Gasteiger partial charge in [-0.25, -0.2) is 0 Å². The molecular formula is C16H22ClN3O. The summed E-state index contributed by atoms with van der Waals surface area (Å²) in [6.07, 6.45) is 2.69. The van der Waals surface area contributed by atoms with Crippen molar-refractivity contribution in [2.75, 3.05) is 25.0 Å². The first-order valence-corrected chi connectivity index (χ1v) is 8.02. The highest BCUT2D eigenvalue weighted by Crippen LogP contribution is 2.31. The highest BCUT2D eigenvalue weighted by Gasteiger charge is 2.34. The molecule has 2 saturated heterocycles. The maximum Gasteiger partial charge on any atom is 0.220 e. The minimum atomic E-state index is 0.215. The summed E-state index contributed by atoms with van der Waals surface area (Å²) < 4.78 is 0. The molecule has 0 radical (unpaired) electrons. The normalized spacial score (nSPS) is 25.4. The van der Waals surface area contributed by atoms with Crippen molar-refractivity contribution >= 4 is 23.2 Å². The Morgan fingerprint density at radius 3 is 3.10 bits per heavy atom. The number of fused-ring (bicyclic) bond motifs is 1. The predicted octanol–water partition coefficient (Wildman–Crippen LogP) is 2.16. The predicted molar refractivity (Wildman–Crippen MR) is 85.7 cm³/mol. The standard InChI is InChI=1S/C16H22ClN3O/c1-18-9-12-8-13(17)3-4-15(12)20-7-6-14-11(10-20)2-5-16(21)19-14/h3-4,8,11,14,18H,2,5-7,9-10H2,1H3,(H,19,21). The van der Waals surface area contributed by atoms with E-state index in [1.165, 1.54) is 11.3 Å². The Bertz CT molecular complexity index is 534. The minimum Gasteiger partial charge on any atom is -0.371 e. The van der Waals surface area contributed by atoms with E-state index >= 15 is 0 Å². The molecule has 2 heterocycles. The van der Waals surface area contributed by atoms with Gasteiger partial charge >= 0.3 is 0 Å². The van der Waals surface area contributed by atoms with Gasteiger partial charge in [0.05, 0.1) is 0 Å². The van der Waals surface area contributed by atoms with E-state index in [1.54, 1.807) is 0 Å². The number of carbonyl (C=O) groups excluding carboxylic acids is 1. The van der Waals surface area contributed by atoms with E-state index < -0.39 is 0 Å². The minimum absolute atomic E-state index is 0.215. The summed E-state index contributed by atoms with van der Waals surface area (Å²) >= 11 is 6.12. The van der Waals surface area contributed by atoms with Crippen LogP contribution in [0.1, 0.15) is 24.8 Å². The molecule has 1 amide bonds. The zero-order valence-corrected chi connectivity index (χ0v) is 13.1. The second-order valence-corrected chi connectivity index (χ2v) is 6.45. The fourth-order valence-electron chi connectivity index (χ4n) is 3.52. The van der Waals surface area contributed by atoms with E-state index in [4.69, 9.17) is 11.6 Å². The molecule has 5 heteroatoms. The van der Waals surface area contributed by atoms with Crippen LogP contribution in [0.15, 0.2) is 18.2 Å². The van der Waals surface area contributed by atoms with Crippen LogP contribution in [-0.2, 0) is 11.3 Å². The summed E-state index contributed by atoms with van der Waals surface area (Å²) in [6.45, 7) is 2.82. The number of carbonyl (C=O) groups is 1. The van der Waals surface area contributed by atoms with Crippen LogP contribution in [0.5, 0.6) is 0 Å². The van der Waals surface area contributed by atoms with Crippen LogP contribution >= 0.6 is 11.6 Å². The van der Waals surface area contributed by atoms with Crippen molar-refractivity contribution in [2.45, 2.75) is 31.8 Å². The van der Waals surface area contributed by atoms with Crippen molar-refractivity contribution in [3.63, 3.8) is 0 Å². The van der Waals surface area contributed by atoms with Crippen molar-refractivity contribution < 1.29 is 4.79 Å². The zero-order valence-electron chi connectivity index (χ0n) is 12.4. The average molecular weight is 308 g/mol. The lowest BCUT2D eigenvalue weighted by Gasteiger charge is -2.43. The molecule has 4 nitrogen and oxygen atoms in total. The lowest BCUT2D eigenvalue weighted by molar-refractivity contribution is -0.124. The smallest absolute Gasteiger partial charge is 0.220 e. The number of nitrogens with one attached hydrogen (secondary N) is 2. The summed E-state index contributed by atoms with van der Waals surface area (Å²) in [7, 11) is 1.95. The number of benzene rings is 1. The maximum atomic E-state index is 11.5. The van der Waals surface area contributed by atoms with Crippen LogP contribution < -0.4 is 15.5 Å². The third-order valence-electron chi connectivity index (χ3n) is 4.57. The van der Waals surface area contributed by atoms with Gasteiger partial charge in [0.1, 0.15) is 0 Å². The monoisotopic (exact) mass is 307 g/mol. The Labute approximate surface area is 130 Å². The number of hydrogen-bond acceptors (Lipinski definition) is 3. The largest absolute Gasteiger partial charge is 0.371 e. The van der Waals surface area contributed by atoms with Gasteiger partial charge in [0.25, 0.3) is 0 Å². The van der Waals surface area contributed by atoms with Crippen molar-refractivity contribution in [2.24, 2.45) is 5.92 Å². The first-order chi connectivity index (χ1) is 10.2. The topological polar surface area (TPSA) is 44.4 Å². The number of halogens is 1. The summed E-state index contributed by atoms with van der Waals surface area (Å²) in [5, 5.41) is 7.13. The number of piperidine rings is 2. The van der Waals surface area contributed by atoms with Crippen molar-refractivity contribution in [1.82, 2.24) is 10.6 Å². The van der Waals surface area contributed by atoms with Crippen LogP contribution in [0.2, 0.25) is 5.02 Å². The van der Waals surface area contributed by atoms with Gasteiger partial charge in [-0.15, -0.1) is 0 Å². The molecule has 3 rings (SSSR count). The third kappa shape index (κ3) is 3.16. The molecule has 1 aromatic carbocycles. The Morgan fingerprint density at radius 2 is 2.29 bits per heavy atom. The Balaban J connectivity index is 1.77. The van der Waals surface area contributed by atoms with Crippen LogP contribution in [0, 0.1) is 5.92 Å². The average Bonchev–Trinajstić information content (AvgIpc) is 2.47. The highest BCUT2D eigenvalue weighted by molar-refractivity contribution is 6.30. The van der Waals surface area contributed by atoms with Gasteiger partial charge in [0.15, 0.2) is 0 Å². The Hall–Kier alpha value is -1.26. The van der Waals surface area contributed by atoms with Gasteiger partial charge in [-0.2, -0.15) is 0 Å². The quantitative estimate of drug-likeness (QED) is 0.899. The SMILES string of the molecule is CNCc1cc(Cl)ccc1N1CCC2NC(=O)CCC2C1. The molecule has 2 atom stereocenters. The number of hydrogen-bond donors (Lipinski definition) is 2. The second-order valence-electron chi connectivity index (χ2n) is 6.01. The lowest BCUT2D eigenvalue weighted by atomic mass is 9.85. The summed E-state index contributed by atoms with van der Waals surface area (Å²) in [5.74, 6) is 0.779. The summed E-state index contributed by atoms with van der Waals surface area (Å²) in [4.78, 5) is 13.9. The van der Waals surface area contributed by atoms with Crippen LogP contribution in [0.3, 0.4) is 0 Å². The molecule has 2 aliphatic heterocycles. The van der Waals surface area contributed by atoms with E-state index in [9.17, 15) is 4.79 Å². The van der Waals surface area contributed by atoms with E-state index in [1.807, 2.05) is 19.2 Å². The molecule has 2 fully saturated rings. The second kappa shape index (κ2) is 6.24. The Morgan fingerprint density at radius 1 is 1.43 bits per heavy atom. The van der Waals surface area contributed by atoms with Gasteiger partial charge < -0.3 is 15.5 Å². The van der Waals surface area contributed by atoms with E-state index in [0.29, 0.717) is 18.4 Å². The van der Waals surface area contributed by atoms with Crippen LogP contribution in [0.25, 0.3) is 0 Å². The molecular weight excluding hydrogens is 286 g/mol. The molecule has 1 aromatic rings. The maximum absolute atomic E-state index is 11.5. The first kappa shape index (κ1) is 14.7. The van der Waals surface area contributed by atoms with Crippen molar-refractivity contribution in [3.8, 4) is 0 Å².